The number of rotatable bonds is 7. The summed E-state index contributed by atoms with van der Waals surface area (Å²) >= 11 is 0. The zero-order valence-electron chi connectivity index (χ0n) is 19.3. The summed E-state index contributed by atoms with van der Waals surface area (Å²) in [6, 6.07) is 11.8. The van der Waals surface area contributed by atoms with Crippen LogP contribution in [-0.2, 0) is 14.8 Å². The van der Waals surface area contributed by atoms with Crippen molar-refractivity contribution in [1.29, 1.82) is 0 Å². The van der Waals surface area contributed by atoms with Gasteiger partial charge in [-0.1, -0.05) is 29.8 Å². The van der Waals surface area contributed by atoms with E-state index in [1.165, 1.54) is 0 Å². The number of nitrogens with one attached hydrogen (secondary N) is 3. The summed E-state index contributed by atoms with van der Waals surface area (Å²) in [7, 11) is -3.57. The average molecular weight is 473 g/mol. The fraction of sp³-hybridized carbons (Fsp3) is 0.417. The van der Waals surface area contributed by atoms with Crippen molar-refractivity contribution in [3.05, 3.63) is 59.2 Å². The van der Waals surface area contributed by atoms with Crippen molar-refractivity contribution in [2.45, 2.75) is 38.5 Å². The highest BCUT2D eigenvalue weighted by Gasteiger charge is 2.24. The minimum Gasteiger partial charge on any atom is -0.307 e. The van der Waals surface area contributed by atoms with E-state index in [1.807, 2.05) is 37.8 Å². The maximum Gasteiger partial charge on any atom is 0.325 e. The molecule has 9 heteroatoms. The third-order valence-corrected chi connectivity index (χ3v) is 7.41. The number of carbonyl (C=O) groups excluding carboxylic acids is 2. The Morgan fingerprint density at radius 1 is 1.06 bits per heavy atom. The van der Waals surface area contributed by atoms with E-state index in [2.05, 4.69) is 15.4 Å². The first-order chi connectivity index (χ1) is 15.6. The second kappa shape index (κ2) is 10.9. The number of sulfonamides is 1. The van der Waals surface area contributed by atoms with Gasteiger partial charge in [-0.3, -0.25) is 15.0 Å². The van der Waals surface area contributed by atoms with E-state index in [-0.39, 0.29) is 17.4 Å². The summed E-state index contributed by atoms with van der Waals surface area (Å²) < 4.78 is 27.7. The molecule has 0 radical (unpaired) electrons. The number of hydrogen-bond acceptors (Lipinski definition) is 5. The van der Waals surface area contributed by atoms with Crippen molar-refractivity contribution in [3.8, 4) is 0 Å². The minimum atomic E-state index is -3.57. The highest BCUT2D eigenvalue weighted by atomic mass is 32.2. The number of amides is 3. The highest BCUT2D eigenvalue weighted by Crippen LogP contribution is 2.18. The number of aryl methyl sites for hydroxylation is 2. The number of nitrogens with zero attached hydrogens (tertiary/aromatic N) is 1. The van der Waals surface area contributed by atoms with Gasteiger partial charge in [-0.15, -0.1) is 0 Å². The van der Waals surface area contributed by atoms with E-state index in [0.29, 0.717) is 18.8 Å². The lowest BCUT2D eigenvalue weighted by molar-refractivity contribution is -0.121. The topological polar surface area (TPSA) is 108 Å². The molecule has 0 aliphatic carbocycles. The summed E-state index contributed by atoms with van der Waals surface area (Å²) in [5.74, 6) is -0.297. The highest BCUT2D eigenvalue weighted by molar-refractivity contribution is 7.89. The Morgan fingerprint density at radius 2 is 1.79 bits per heavy atom. The quantitative estimate of drug-likeness (QED) is 0.574. The largest absolute Gasteiger partial charge is 0.325 e. The van der Waals surface area contributed by atoms with Crippen molar-refractivity contribution < 1.29 is 18.0 Å². The number of imide groups is 1. The Balaban J connectivity index is 1.47. The van der Waals surface area contributed by atoms with Crippen LogP contribution in [0.25, 0.3) is 0 Å². The van der Waals surface area contributed by atoms with E-state index in [9.17, 15) is 18.0 Å². The Bertz CT molecular complexity index is 1100. The molecule has 1 aliphatic rings. The molecule has 1 atom stereocenters. The Morgan fingerprint density at radius 3 is 2.52 bits per heavy atom. The van der Waals surface area contributed by atoms with Crippen LogP contribution in [-0.4, -0.2) is 51.4 Å². The molecule has 0 spiro atoms. The maximum absolute atomic E-state index is 12.5. The molecule has 3 rings (SSSR count). The normalized spacial score (nSPS) is 16.9. The Kier molecular flexibility index (Phi) is 8.23. The number of piperidine rings is 1. The molecule has 1 heterocycles. The molecular formula is C24H32N4O4S. The second-order valence-electron chi connectivity index (χ2n) is 8.66. The first-order valence-corrected chi connectivity index (χ1v) is 12.6. The molecule has 2 aromatic rings. The monoisotopic (exact) mass is 472 g/mol. The summed E-state index contributed by atoms with van der Waals surface area (Å²) in [5, 5.41) is 5.10. The molecule has 2 aromatic carbocycles. The van der Waals surface area contributed by atoms with Gasteiger partial charge < -0.3 is 5.32 Å². The van der Waals surface area contributed by atoms with Gasteiger partial charge in [0.2, 0.25) is 15.9 Å². The van der Waals surface area contributed by atoms with Crippen molar-refractivity contribution in [2.24, 2.45) is 5.92 Å². The molecule has 178 valence electrons. The van der Waals surface area contributed by atoms with Crippen LogP contribution in [0.5, 0.6) is 0 Å². The van der Waals surface area contributed by atoms with Gasteiger partial charge in [0, 0.05) is 18.8 Å². The van der Waals surface area contributed by atoms with Crippen LogP contribution in [0.4, 0.5) is 10.5 Å². The van der Waals surface area contributed by atoms with Crippen molar-refractivity contribution in [3.63, 3.8) is 0 Å². The average Bonchev–Trinajstić information content (AvgIpc) is 2.76. The first kappa shape index (κ1) is 24.9. The molecular weight excluding hydrogens is 440 g/mol. The lowest BCUT2D eigenvalue weighted by Crippen LogP contribution is -2.46. The van der Waals surface area contributed by atoms with Gasteiger partial charge in [0.1, 0.15) is 0 Å². The second-order valence-corrected chi connectivity index (χ2v) is 10.4. The van der Waals surface area contributed by atoms with Crippen LogP contribution < -0.4 is 15.4 Å². The summed E-state index contributed by atoms with van der Waals surface area (Å²) in [6.07, 6.45) is 1.74. The zero-order valence-corrected chi connectivity index (χ0v) is 20.2. The molecule has 1 unspecified atom stereocenters. The van der Waals surface area contributed by atoms with Crippen molar-refractivity contribution in [2.75, 3.05) is 31.5 Å². The number of anilines is 1. The number of urea groups is 1. The molecule has 0 saturated carbocycles. The predicted octanol–water partition coefficient (Wildman–Crippen LogP) is 2.95. The molecule has 3 amide bonds. The Labute approximate surface area is 195 Å². The first-order valence-electron chi connectivity index (χ1n) is 11.1. The van der Waals surface area contributed by atoms with Crippen LogP contribution >= 0.6 is 0 Å². The van der Waals surface area contributed by atoms with E-state index in [0.717, 1.165) is 36.1 Å². The molecule has 3 N–H and O–H groups in total. The van der Waals surface area contributed by atoms with Crippen molar-refractivity contribution in [1.82, 2.24) is 14.9 Å². The number of likely N-dealkylation sites (tertiary alicyclic amines) is 1. The summed E-state index contributed by atoms with van der Waals surface area (Å²) in [5.41, 5.74) is 3.67. The van der Waals surface area contributed by atoms with Crippen LogP contribution in [0, 0.1) is 26.7 Å². The number of carbonyl (C=O) groups is 2. The minimum absolute atomic E-state index is 0.0848. The van der Waals surface area contributed by atoms with Gasteiger partial charge in [-0.05, 0) is 75.4 Å². The summed E-state index contributed by atoms with van der Waals surface area (Å²) in [6.45, 7) is 7.48. The van der Waals surface area contributed by atoms with Gasteiger partial charge in [0.15, 0.2) is 0 Å². The lowest BCUT2D eigenvalue weighted by atomic mass is 9.98. The predicted molar refractivity (Wildman–Crippen MR) is 129 cm³/mol. The molecule has 8 nitrogen and oxygen atoms in total. The molecule has 1 aliphatic heterocycles. The smallest absolute Gasteiger partial charge is 0.307 e. The number of benzene rings is 2. The maximum atomic E-state index is 12.5. The van der Waals surface area contributed by atoms with E-state index >= 15 is 0 Å². The van der Waals surface area contributed by atoms with Gasteiger partial charge >= 0.3 is 6.03 Å². The van der Waals surface area contributed by atoms with Crippen molar-refractivity contribution >= 4 is 27.6 Å². The van der Waals surface area contributed by atoms with Gasteiger partial charge in [0.05, 0.1) is 11.4 Å². The van der Waals surface area contributed by atoms with Gasteiger partial charge in [-0.25, -0.2) is 17.9 Å². The van der Waals surface area contributed by atoms with E-state index in [4.69, 9.17) is 0 Å². The standard InChI is InChI=1S/C24H32N4O4S/c1-17-9-11-21(12-10-17)33(31,32)25-14-20-7-5-13-28(15-20)16-23(29)27-24(30)26-22-8-4-6-18(2)19(22)3/h4,6,8-12,20,25H,5,7,13-16H2,1-3H3,(H2,26,27,29,30). The molecule has 0 bridgehead atoms. The summed E-state index contributed by atoms with van der Waals surface area (Å²) in [4.78, 5) is 26.8. The van der Waals surface area contributed by atoms with E-state index in [1.54, 1.807) is 30.3 Å². The lowest BCUT2D eigenvalue weighted by Gasteiger charge is -2.32. The fourth-order valence-electron chi connectivity index (χ4n) is 3.90. The Hall–Kier alpha value is -2.75. The van der Waals surface area contributed by atoms with Crippen LogP contribution in [0.2, 0.25) is 0 Å². The zero-order chi connectivity index (χ0) is 24.0. The molecule has 1 saturated heterocycles. The fourth-order valence-corrected chi connectivity index (χ4v) is 5.02. The molecule has 1 fully saturated rings. The third-order valence-electron chi connectivity index (χ3n) is 5.97. The number of hydrogen-bond donors (Lipinski definition) is 3. The van der Waals surface area contributed by atoms with Crippen LogP contribution in [0.15, 0.2) is 47.4 Å². The van der Waals surface area contributed by atoms with Crippen LogP contribution in [0.3, 0.4) is 0 Å². The van der Waals surface area contributed by atoms with Gasteiger partial charge in [0.25, 0.3) is 0 Å². The van der Waals surface area contributed by atoms with E-state index < -0.39 is 22.0 Å². The molecule has 33 heavy (non-hydrogen) atoms. The SMILES string of the molecule is Cc1ccc(S(=O)(=O)NCC2CCCN(CC(=O)NC(=O)Nc3cccc(C)c3C)C2)cc1. The van der Waals surface area contributed by atoms with Gasteiger partial charge in [-0.2, -0.15) is 0 Å². The third kappa shape index (κ3) is 7.12. The molecule has 0 aromatic heterocycles. The van der Waals surface area contributed by atoms with Crippen LogP contribution in [0.1, 0.15) is 29.5 Å².